The number of hydrogen-bond acceptors (Lipinski definition) is 10. The lowest BCUT2D eigenvalue weighted by Gasteiger charge is -2.31. The quantitative estimate of drug-likeness (QED) is 0.0455. The average molecular weight is 677 g/mol. The largest absolute Gasteiger partial charge is 0.500 e. The Morgan fingerprint density at radius 1 is 0.475 bits per heavy atom. The zero-order chi connectivity index (χ0) is 29.4. The number of rotatable bonds is 28. The second-order valence-corrected chi connectivity index (χ2v) is 20.7. The van der Waals surface area contributed by atoms with Crippen LogP contribution >= 0.6 is 43.2 Å². The lowest BCUT2D eigenvalue weighted by atomic mass is 9.76. The fourth-order valence-electron chi connectivity index (χ4n) is 5.38. The van der Waals surface area contributed by atoms with Crippen LogP contribution < -0.4 is 0 Å². The van der Waals surface area contributed by atoms with Crippen molar-refractivity contribution in [1.82, 2.24) is 0 Å². The van der Waals surface area contributed by atoms with Crippen LogP contribution in [0, 0.1) is 11.8 Å². The molecule has 0 aliphatic heterocycles. The molecule has 0 heterocycles. The molecular weight excluding hydrogens is 617 g/mol. The molecule has 1 aliphatic rings. The molecule has 0 aromatic rings. The summed E-state index contributed by atoms with van der Waals surface area (Å²) in [5, 5.41) is 0. The molecule has 0 aromatic carbocycles. The summed E-state index contributed by atoms with van der Waals surface area (Å²) >= 11 is 0. The Balaban J connectivity index is 2.23. The van der Waals surface area contributed by atoms with E-state index in [1.165, 1.54) is 50.0 Å². The van der Waals surface area contributed by atoms with Crippen LogP contribution in [0.1, 0.15) is 92.9 Å². The summed E-state index contributed by atoms with van der Waals surface area (Å²) in [7, 11) is 3.19. The first-order valence-corrected chi connectivity index (χ1v) is 24.7. The molecule has 0 spiro atoms. The first kappa shape index (κ1) is 39.6. The molecule has 0 bridgehead atoms. The van der Waals surface area contributed by atoms with E-state index >= 15 is 0 Å². The van der Waals surface area contributed by atoms with Crippen molar-refractivity contribution in [3.05, 3.63) is 0 Å². The Kier molecular flexibility index (Phi) is 25.6. The highest BCUT2D eigenvalue weighted by Gasteiger charge is 2.40. The van der Waals surface area contributed by atoms with Gasteiger partial charge >= 0.3 is 17.6 Å². The third kappa shape index (κ3) is 17.2. The van der Waals surface area contributed by atoms with E-state index in [4.69, 9.17) is 26.6 Å². The molecule has 1 saturated carbocycles. The van der Waals surface area contributed by atoms with Crippen LogP contribution in [0.4, 0.5) is 0 Å². The Labute approximate surface area is 265 Å². The van der Waals surface area contributed by atoms with Gasteiger partial charge in [-0.2, -0.15) is 0 Å². The highest BCUT2D eigenvalue weighted by Crippen LogP contribution is 2.38. The molecular formula is C28H60O6S4Si2. The molecule has 2 unspecified atom stereocenters. The maximum Gasteiger partial charge on any atom is 0.500 e. The molecule has 0 amide bonds. The normalized spacial score (nSPS) is 18.4. The van der Waals surface area contributed by atoms with Crippen molar-refractivity contribution < 1.29 is 26.6 Å². The third-order valence-corrected chi connectivity index (χ3v) is 18.3. The van der Waals surface area contributed by atoms with Crippen molar-refractivity contribution in [2.75, 3.05) is 62.7 Å². The summed E-state index contributed by atoms with van der Waals surface area (Å²) in [6.45, 7) is 16.1. The van der Waals surface area contributed by atoms with E-state index in [-0.39, 0.29) is 0 Å². The fourth-order valence-corrected chi connectivity index (χ4v) is 15.6. The highest BCUT2D eigenvalue weighted by molar-refractivity contribution is 8.77. The van der Waals surface area contributed by atoms with Gasteiger partial charge in [0, 0.05) is 74.7 Å². The molecule has 0 aromatic heterocycles. The summed E-state index contributed by atoms with van der Waals surface area (Å²) in [6.07, 6.45) is 10.6. The average Bonchev–Trinajstić information content (AvgIpc) is 2.93. The molecule has 2 atom stereocenters. The Morgan fingerprint density at radius 3 is 1.07 bits per heavy atom. The summed E-state index contributed by atoms with van der Waals surface area (Å²) in [6, 6.07) is 1.84. The maximum atomic E-state index is 5.99. The van der Waals surface area contributed by atoms with Crippen LogP contribution in [0.5, 0.6) is 0 Å². The number of hydrogen-bond donors (Lipinski definition) is 0. The Hall–Kier alpha value is 1.59. The van der Waals surface area contributed by atoms with Crippen molar-refractivity contribution >= 4 is 60.8 Å². The van der Waals surface area contributed by atoms with Gasteiger partial charge < -0.3 is 26.6 Å². The molecule has 1 rings (SSSR count). The van der Waals surface area contributed by atoms with Crippen LogP contribution in [0.2, 0.25) is 12.1 Å². The molecule has 240 valence electrons. The monoisotopic (exact) mass is 676 g/mol. The summed E-state index contributed by atoms with van der Waals surface area (Å²) in [5.41, 5.74) is 0. The Bertz CT molecular complexity index is 503. The molecule has 0 saturated heterocycles. The smallest absolute Gasteiger partial charge is 0.374 e. The van der Waals surface area contributed by atoms with Crippen LogP contribution in [0.25, 0.3) is 0 Å². The summed E-state index contributed by atoms with van der Waals surface area (Å²) < 4.78 is 35.9. The van der Waals surface area contributed by atoms with E-state index in [2.05, 4.69) is 21.6 Å². The van der Waals surface area contributed by atoms with Gasteiger partial charge in [0.25, 0.3) is 0 Å². The minimum atomic E-state index is -2.48. The zero-order valence-corrected chi connectivity index (χ0v) is 31.6. The molecule has 1 aliphatic carbocycles. The van der Waals surface area contributed by atoms with Crippen molar-refractivity contribution in [1.29, 1.82) is 0 Å². The molecule has 0 N–H and O–H groups in total. The van der Waals surface area contributed by atoms with E-state index in [0.29, 0.717) is 39.6 Å². The van der Waals surface area contributed by atoms with Gasteiger partial charge in [0.2, 0.25) is 0 Å². The highest BCUT2D eigenvalue weighted by atomic mass is 33.1. The second kappa shape index (κ2) is 25.9. The molecule has 6 nitrogen and oxygen atoms in total. The molecule has 0 radical (unpaired) electrons. The minimum Gasteiger partial charge on any atom is -0.374 e. The maximum absolute atomic E-state index is 5.99. The van der Waals surface area contributed by atoms with Gasteiger partial charge in [-0.1, -0.05) is 68.9 Å². The summed E-state index contributed by atoms with van der Waals surface area (Å²) in [5.74, 6) is 6.64. The molecule has 1 fully saturated rings. The van der Waals surface area contributed by atoms with Crippen molar-refractivity contribution in [2.45, 2.75) is 105 Å². The van der Waals surface area contributed by atoms with Crippen molar-refractivity contribution in [2.24, 2.45) is 11.8 Å². The van der Waals surface area contributed by atoms with Gasteiger partial charge in [-0.3, -0.25) is 0 Å². The van der Waals surface area contributed by atoms with Crippen LogP contribution in [0.15, 0.2) is 0 Å². The Morgan fingerprint density at radius 2 is 0.775 bits per heavy atom. The van der Waals surface area contributed by atoms with Gasteiger partial charge in [-0.15, -0.1) is 0 Å². The van der Waals surface area contributed by atoms with E-state index in [1.54, 1.807) is 0 Å². The zero-order valence-electron chi connectivity index (χ0n) is 26.4. The first-order chi connectivity index (χ1) is 19.5. The van der Waals surface area contributed by atoms with Crippen LogP contribution in [-0.4, -0.2) is 80.3 Å². The first-order valence-electron chi connectivity index (χ1n) is 15.9. The molecule has 12 heteroatoms. The van der Waals surface area contributed by atoms with E-state index in [1.807, 2.05) is 63.1 Å². The van der Waals surface area contributed by atoms with Gasteiger partial charge in [-0.25, -0.2) is 0 Å². The van der Waals surface area contributed by atoms with Gasteiger partial charge in [-0.05, 0) is 79.1 Å². The van der Waals surface area contributed by atoms with E-state index < -0.39 is 17.6 Å². The fraction of sp³-hybridized carbons (Fsp3) is 1.00. The predicted octanol–water partition coefficient (Wildman–Crippen LogP) is 9.21. The van der Waals surface area contributed by atoms with Gasteiger partial charge in [0.05, 0.1) is 0 Å². The van der Waals surface area contributed by atoms with Gasteiger partial charge in [0.15, 0.2) is 0 Å². The third-order valence-electron chi connectivity index (χ3n) is 6.98. The van der Waals surface area contributed by atoms with Crippen molar-refractivity contribution in [3.63, 3.8) is 0 Å². The standard InChI is InChI=1S/C28H60O6S4Si2/c1-7-29-39(30-8-2,31-9-3)25-15-21-35-37-23-19-27-17-13-14-18-28(27)20-24-38-36-22-16-26-40(32-10-4,33-11-5)34-12-6/h27-28H,7-26H2,1-6H3. The van der Waals surface area contributed by atoms with Crippen LogP contribution in [0.3, 0.4) is 0 Å². The lowest BCUT2D eigenvalue weighted by molar-refractivity contribution is 0.0704. The molecule has 40 heavy (non-hydrogen) atoms. The minimum absolute atomic E-state index is 0.660. The van der Waals surface area contributed by atoms with Crippen LogP contribution in [-0.2, 0) is 26.6 Å². The van der Waals surface area contributed by atoms with Gasteiger partial charge in [0.1, 0.15) is 0 Å². The second-order valence-electron chi connectivity index (χ2n) is 9.84. The summed E-state index contributed by atoms with van der Waals surface area (Å²) in [4.78, 5) is 0. The predicted molar refractivity (Wildman–Crippen MR) is 185 cm³/mol. The SMILES string of the molecule is CCO[Si](CCCSSCCC1CCCCC1CCSSCCC[Si](OCC)(OCC)OCC)(OCC)OCC. The van der Waals surface area contributed by atoms with Crippen molar-refractivity contribution in [3.8, 4) is 0 Å². The van der Waals surface area contributed by atoms with E-state index in [9.17, 15) is 0 Å². The lowest BCUT2D eigenvalue weighted by Crippen LogP contribution is -2.46. The van der Waals surface area contributed by atoms with E-state index in [0.717, 1.165) is 48.3 Å². The topological polar surface area (TPSA) is 55.4 Å².